The normalized spacial score (nSPS) is 30.5. The summed E-state index contributed by atoms with van der Waals surface area (Å²) in [5.41, 5.74) is -0.386. The van der Waals surface area contributed by atoms with Crippen LogP contribution in [0.2, 0.25) is 0 Å². The summed E-state index contributed by atoms with van der Waals surface area (Å²) in [6.07, 6.45) is 3.33. The molecule has 0 radical (unpaired) electrons. The first-order valence-electron chi connectivity index (χ1n) is 4.71. The van der Waals surface area contributed by atoms with Gasteiger partial charge in [-0.15, -0.1) is 0 Å². The van der Waals surface area contributed by atoms with E-state index in [1.807, 2.05) is 19.9 Å². The van der Waals surface area contributed by atoms with Crippen molar-refractivity contribution in [3.05, 3.63) is 23.5 Å². The molecule has 0 aromatic carbocycles. The van der Waals surface area contributed by atoms with Gasteiger partial charge < -0.3 is 14.6 Å². The minimum absolute atomic E-state index is 0.209. The SMILES string of the molecule is COC1=CC(OC)(C(=O)O)C(C)C(C)=C1. The average Bonchev–Trinajstić information content (AvgIpc) is 2.21. The Morgan fingerprint density at radius 2 is 2.13 bits per heavy atom. The Labute approximate surface area is 89.2 Å². The van der Waals surface area contributed by atoms with Crippen LogP contribution >= 0.6 is 0 Å². The molecule has 0 saturated heterocycles. The fourth-order valence-corrected chi connectivity index (χ4v) is 1.75. The second-order valence-electron chi connectivity index (χ2n) is 3.66. The molecule has 2 atom stereocenters. The maximum Gasteiger partial charge on any atom is 0.340 e. The zero-order valence-electron chi connectivity index (χ0n) is 9.40. The topological polar surface area (TPSA) is 55.8 Å². The lowest BCUT2D eigenvalue weighted by Crippen LogP contribution is -2.47. The molecule has 1 aliphatic rings. The fraction of sp³-hybridized carbons (Fsp3) is 0.545. The number of carboxylic acids is 1. The molecule has 0 aromatic rings. The summed E-state index contributed by atoms with van der Waals surface area (Å²) >= 11 is 0. The highest BCUT2D eigenvalue weighted by molar-refractivity contribution is 5.82. The number of allylic oxidation sites excluding steroid dienone is 1. The van der Waals surface area contributed by atoms with Gasteiger partial charge in [0.15, 0.2) is 5.60 Å². The van der Waals surface area contributed by atoms with E-state index in [2.05, 4.69) is 0 Å². The van der Waals surface area contributed by atoms with Crippen molar-refractivity contribution in [2.24, 2.45) is 5.92 Å². The number of rotatable bonds is 3. The summed E-state index contributed by atoms with van der Waals surface area (Å²) in [6.45, 7) is 3.69. The van der Waals surface area contributed by atoms with Gasteiger partial charge in [0.1, 0.15) is 5.76 Å². The number of ether oxygens (including phenoxy) is 2. The van der Waals surface area contributed by atoms with E-state index in [9.17, 15) is 9.90 Å². The maximum absolute atomic E-state index is 11.3. The Morgan fingerprint density at radius 1 is 1.53 bits per heavy atom. The minimum atomic E-state index is -1.32. The van der Waals surface area contributed by atoms with Crippen molar-refractivity contribution < 1.29 is 19.4 Å². The van der Waals surface area contributed by atoms with Crippen LogP contribution in [0.4, 0.5) is 0 Å². The number of aliphatic carboxylic acids is 1. The highest BCUT2D eigenvalue weighted by Gasteiger charge is 2.45. The molecular weight excluding hydrogens is 196 g/mol. The molecule has 0 bridgehead atoms. The van der Waals surface area contributed by atoms with Gasteiger partial charge in [0.05, 0.1) is 7.11 Å². The van der Waals surface area contributed by atoms with Crippen LogP contribution in [0.5, 0.6) is 0 Å². The highest BCUT2D eigenvalue weighted by Crippen LogP contribution is 2.35. The van der Waals surface area contributed by atoms with Gasteiger partial charge >= 0.3 is 5.97 Å². The van der Waals surface area contributed by atoms with Crippen LogP contribution in [-0.4, -0.2) is 30.9 Å². The van der Waals surface area contributed by atoms with Crippen molar-refractivity contribution in [3.63, 3.8) is 0 Å². The molecule has 4 nitrogen and oxygen atoms in total. The van der Waals surface area contributed by atoms with Gasteiger partial charge in [-0.05, 0) is 13.0 Å². The molecule has 0 heterocycles. The van der Waals surface area contributed by atoms with Crippen LogP contribution in [0.15, 0.2) is 23.5 Å². The molecule has 4 heteroatoms. The predicted molar refractivity (Wildman–Crippen MR) is 55.4 cm³/mol. The summed E-state index contributed by atoms with van der Waals surface area (Å²) in [7, 11) is 2.90. The van der Waals surface area contributed by atoms with E-state index in [0.717, 1.165) is 5.57 Å². The lowest BCUT2D eigenvalue weighted by Gasteiger charge is -2.34. The minimum Gasteiger partial charge on any atom is -0.497 e. The molecule has 1 rings (SSSR count). The van der Waals surface area contributed by atoms with Gasteiger partial charge in [0.25, 0.3) is 0 Å². The number of hydrogen-bond donors (Lipinski definition) is 1. The molecule has 0 aromatic heterocycles. The molecule has 1 aliphatic carbocycles. The van der Waals surface area contributed by atoms with E-state index in [1.165, 1.54) is 20.3 Å². The van der Waals surface area contributed by atoms with Gasteiger partial charge in [-0.3, -0.25) is 0 Å². The Morgan fingerprint density at radius 3 is 2.53 bits per heavy atom. The smallest absolute Gasteiger partial charge is 0.340 e. The maximum atomic E-state index is 11.3. The molecule has 0 spiro atoms. The van der Waals surface area contributed by atoms with E-state index < -0.39 is 11.6 Å². The Bertz CT molecular complexity index is 329. The largest absolute Gasteiger partial charge is 0.497 e. The second kappa shape index (κ2) is 4.06. The molecule has 15 heavy (non-hydrogen) atoms. The Hall–Kier alpha value is -1.29. The van der Waals surface area contributed by atoms with E-state index >= 15 is 0 Å². The third-order valence-electron chi connectivity index (χ3n) is 2.96. The van der Waals surface area contributed by atoms with Gasteiger partial charge in [0.2, 0.25) is 0 Å². The van der Waals surface area contributed by atoms with Crippen LogP contribution in [0.3, 0.4) is 0 Å². The van der Waals surface area contributed by atoms with Crippen molar-refractivity contribution in [3.8, 4) is 0 Å². The standard InChI is InChI=1S/C11H16O4/c1-7-5-9(14-3)6-11(15-4,8(7)2)10(12)13/h5-6,8H,1-4H3,(H,12,13). The number of carbonyl (C=O) groups is 1. The van der Waals surface area contributed by atoms with Crippen LogP contribution in [0, 0.1) is 5.92 Å². The predicted octanol–water partition coefficient (Wildman–Crippen LogP) is 1.58. The van der Waals surface area contributed by atoms with Crippen LogP contribution in [0.25, 0.3) is 0 Å². The molecule has 0 saturated carbocycles. The average molecular weight is 212 g/mol. The van der Waals surface area contributed by atoms with Gasteiger partial charge in [-0.1, -0.05) is 12.5 Å². The van der Waals surface area contributed by atoms with E-state index in [0.29, 0.717) is 5.76 Å². The summed E-state index contributed by atoms with van der Waals surface area (Å²) in [4.78, 5) is 11.3. The first-order chi connectivity index (χ1) is 6.97. The van der Waals surface area contributed by atoms with Crippen molar-refractivity contribution >= 4 is 5.97 Å². The van der Waals surface area contributed by atoms with E-state index in [1.54, 1.807) is 0 Å². The Balaban J connectivity index is 3.23. The van der Waals surface area contributed by atoms with Crippen molar-refractivity contribution in [1.29, 1.82) is 0 Å². The van der Waals surface area contributed by atoms with Crippen LogP contribution in [-0.2, 0) is 14.3 Å². The summed E-state index contributed by atoms with van der Waals surface area (Å²) in [5.74, 6) is -0.687. The molecule has 0 amide bonds. The van der Waals surface area contributed by atoms with Crippen molar-refractivity contribution in [1.82, 2.24) is 0 Å². The number of hydrogen-bond acceptors (Lipinski definition) is 3. The zero-order chi connectivity index (χ0) is 11.6. The second-order valence-corrected chi connectivity index (χ2v) is 3.66. The summed E-state index contributed by atoms with van der Waals surface area (Å²) < 4.78 is 10.2. The summed E-state index contributed by atoms with van der Waals surface area (Å²) in [6, 6.07) is 0. The van der Waals surface area contributed by atoms with Gasteiger partial charge in [-0.2, -0.15) is 0 Å². The third kappa shape index (κ3) is 1.77. The molecular formula is C11H16O4. The quantitative estimate of drug-likeness (QED) is 0.771. The Kier molecular flexibility index (Phi) is 3.19. The summed E-state index contributed by atoms with van der Waals surface area (Å²) in [5, 5.41) is 9.24. The lowest BCUT2D eigenvalue weighted by atomic mass is 9.79. The van der Waals surface area contributed by atoms with Crippen molar-refractivity contribution in [2.45, 2.75) is 19.4 Å². The zero-order valence-corrected chi connectivity index (χ0v) is 9.40. The monoisotopic (exact) mass is 212 g/mol. The van der Waals surface area contributed by atoms with Gasteiger partial charge in [-0.25, -0.2) is 4.79 Å². The van der Waals surface area contributed by atoms with E-state index in [4.69, 9.17) is 9.47 Å². The lowest BCUT2D eigenvalue weighted by molar-refractivity contribution is -0.160. The molecule has 0 aliphatic heterocycles. The fourth-order valence-electron chi connectivity index (χ4n) is 1.75. The molecule has 1 N–H and O–H groups in total. The van der Waals surface area contributed by atoms with Crippen LogP contribution in [0.1, 0.15) is 13.8 Å². The molecule has 84 valence electrons. The van der Waals surface area contributed by atoms with Crippen LogP contribution < -0.4 is 0 Å². The van der Waals surface area contributed by atoms with E-state index in [-0.39, 0.29) is 5.92 Å². The highest BCUT2D eigenvalue weighted by atomic mass is 16.5. The van der Waals surface area contributed by atoms with Gasteiger partial charge in [0, 0.05) is 19.1 Å². The van der Waals surface area contributed by atoms with Crippen molar-refractivity contribution in [2.75, 3.05) is 14.2 Å². The number of carboxylic acid groups (broad SMARTS) is 1. The molecule has 2 unspecified atom stereocenters. The third-order valence-corrected chi connectivity index (χ3v) is 2.96. The molecule has 0 fully saturated rings. The number of methoxy groups -OCH3 is 2. The first-order valence-corrected chi connectivity index (χ1v) is 4.71. The first kappa shape index (κ1) is 11.8.